The molecule has 0 spiro atoms. The van der Waals surface area contributed by atoms with Crippen molar-refractivity contribution in [1.29, 1.82) is 0 Å². The van der Waals surface area contributed by atoms with Crippen molar-refractivity contribution in [3.05, 3.63) is 52.2 Å². The highest BCUT2D eigenvalue weighted by Gasteiger charge is 2.00. The minimum absolute atomic E-state index is 0. The first-order chi connectivity index (χ1) is 11.7. The quantitative estimate of drug-likeness (QED) is 0.266. The van der Waals surface area contributed by atoms with Gasteiger partial charge in [0.25, 0.3) is 0 Å². The van der Waals surface area contributed by atoms with Crippen LogP contribution < -0.4 is 15.5 Å². The van der Waals surface area contributed by atoms with Crippen LogP contribution in [0.3, 0.4) is 0 Å². The first-order valence-electron chi connectivity index (χ1n) is 8.42. The summed E-state index contributed by atoms with van der Waals surface area (Å²) in [7, 11) is 5.95. The predicted molar refractivity (Wildman–Crippen MR) is 122 cm³/mol. The van der Waals surface area contributed by atoms with E-state index in [1.54, 1.807) is 11.3 Å². The molecule has 0 aliphatic carbocycles. The van der Waals surface area contributed by atoms with Crippen LogP contribution in [0.2, 0.25) is 0 Å². The number of guanidine groups is 1. The highest BCUT2D eigenvalue weighted by atomic mass is 127. The lowest BCUT2D eigenvalue weighted by atomic mass is 10.1. The summed E-state index contributed by atoms with van der Waals surface area (Å²) in [5, 5.41) is 8.87. The number of nitrogens with one attached hydrogen (secondary N) is 2. The minimum atomic E-state index is 0. The van der Waals surface area contributed by atoms with E-state index in [9.17, 15) is 0 Å². The number of aliphatic imine (C=N–C) groups is 1. The fourth-order valence-electron chi connectivity index (χ4n) is 2.44. The molecule has 1 aromatic heterocycles. The number of thiophene rings is 1. The third-order valence-electron chi connectivity index (χ3n) is 3.85. The topological polar surface area (TPSA) is 39.7 Å². The van der Waals surface area contributed by atoms with Crippen LogP contribution in [-0.2, 0) is 12.8 Å². The number of rotatable bonds is 8. The van der Waals surface area contributed by atoms with Gasteiger partial charge in [-0.15, -0.1) is 35.3 Å². The van der Waals surface area contributed by atoms with Crippen LogP contribution >= 0.6 is 35.3 Å². The lowest BCUT2D eigenvalue weighted by Crippen LogP contribution is -2.38. The number of halogens is 1. The van der Waals surface area contributed by atoms with Gasteiger partial charge in [0.15, 0.2) is 5.96 Å². The summed E-state index contributed by atoms with van der Waals surface area (Å²) in [6.07, 6.45) is 3.20. The number of nitrogens with zero attached hydrogens (tertiary/aromatic N) is 2. The van der Waals surface area contributed by atoms with Crippen LogP contribution in [0, 0.1) is 0 Å². The molecule has 2 N–H and O–H groups in total. The van der Waals surface area contributed by atoms with E-state index in [1.807, 2.05) is 7.05 Å². The first kappa shape index (κ1) is 21.8. The predicted octanol–water partition coefficient (Wildman–Crippen LogP) is 3.77. The summed E-state index contributed by atoms with van der Waals surface area (Å²) in [5.41, 5.74) is 2.62. The number of benzene rings is 1. The Morgan fingerprint density at radius 3 is 2.36 bits per heavy atom. The second-order valence-corrected chi connectivity index (χ2v) is 6.95. The lowest BCUT2D eigenvalue weighted by Gasteiger charge is -2.13. The van der Waals surface area contributed by atoms with Gasteiger partial charge in [-0.3, -0.25) is 4.99 Å². The van der Waals surface area contributed by atoms with Crippen molar-refractivity contribution in [3.8, 4) is 0 Å². The van der Waals surface area contributed by atoms with Gasteiger partial charge in [0, 0.05) is 44.8 Å². The summed E-state index contributed by atoms with van der Waals surface area (Å²) in [4.78, 5) is 7.80. The zero-order chi connectivity index (χ0) is 17.2. The highest BCUT2D eigenvalue weighted by molar-refractivity contribution is 14.0. The maximum Gasteiger partial charge on any atom is 0.190 e. The number of hydrogen-bond acceptors (Lipinski definition) is 3. The Kier molecular flexibility index (Phi) is 10.6. The van der Waals surface area contributed by atoms with Crippen LogP contribution in [0.25, 0.3) is 0 Å². The summed E-state index contributed by atoms with van der Waals surface area (Å²) in [5.74, 6) is 0.884. The van der Waals surface area contributed by atoms with Gasteiger partial charge in [0.1, 0.15) is 0 Å². The molecule has 0 saturated carbocycles. The molecule has 2 aromatic rings. The zero-order valence-corrected chi connectivity index (χ0v) is 18.4. The first-order valence-corrected chi connectivity index (χ1v) is 9.30. The molecular formula is C19H29IN4S. The molecule has 0 unspecified atom stereocenters. The highest BCUT2D eigenvalue weighted by Crippen LogP contribution is 2.13. The molecular weight excluding hydrogens is 443 g/mol. The standard InChI is InChI=1S/C19H28N4S.HI/c1-20-19(22-14-12-18-7-5-15-24-18)21-13-4-6-16-8-10-17(11-9-16)23(2)3;/h5,7-11,15H,4,6,12-14H2,1-3H3,(H2,20,21,22);1H. The maximum absolute atomic E-state index is 4.27. The molecule has 1 heterocycles. The molecule has 25 heavy (non-hydrogen) atoms. The van der Waals surface area contributed by atoms with E-state index in [1.165, 1.54) is 16.1 Å². The van der Waals surface area contributed by atoms with Crippen LogP contribution in [0.15, 0.2) is 46.8 Å². The van der Waals surface area contributed by atoms with Gasteiger partial charge in [-0.1, -0.05) is 18.2 Å². The fraction of sp³-hybridized carbons (Fsp3) is 0.421. The van der Waals surface area contributed by atoms with Crippen molar-refractivity contribution >= 4 is 47.0 Å². The summed E-state index contributed by atoms with van der Waals surface area (Å²) in [6.45, 7) is 1.83. The summed E-state index contributed by atoms with van der Waals surface area (Å²) in [6, 6.07) is 13.0. The van der Waals surface area contributed by atoms with E-state index in [4.69, 9.17) is 0 Å². The molecule has 0 aliphatic rings. The Labute approximate surface area is 172 Å². The van der Waals surface area contributed by atoms with E-state index in [2.05, 4.69) is 76.4 Å². The van der Waals surface area contributed by atoms with Gasteiger partial charge in [-0.2, -0.15) is 0 Å². The minimum Gasteiger partial charge on any atom is -0.378 e. The normalized spacial score (nSPS) is 10.9. The van der Waals surface area contributed by atoms with E-state index >= 15 is 0 Å². The lowest BCUT2D eigenvalue weighted by molar-refractivity contribution is 0.740. The molecule has 4 nitrogen and oxygen atoms in total. The maximum atomic E-state index is 4.27. The largest absolute Gasteiger partial charge is 0.378 e. The number of anilines is 1. The molecule has 138 valence electrons. The molecule has 0 saturated heterocycles. The van der Waals surface area contributed by atoms with Gasteiger partial charge >= 0.3 is 0 Å². The van der Waals surface area contributed by atoms with Crippen LogP contribution in [0.5, 0.6) is 0 Å². The van der Waals surface area contributed by atoms with Crippen LogP contribution in [0.1, 0.15) is 16.9 Å². The molecule has 0 fully saturated rings. The fourth-order valence-corrected chi connectivity index (χ4v) is 3.15. The van der Waals surface area contributed by atoms with Crippen molar-refractivity contribution in [2.24, 2.45) is 4.99 Å². The van der Waals surface area contributed by atoms with Crippen LogP contribution in [0.4, 0.5) is 5.69 Å². The smallest absolute Gasteiger partial charge is 0.190 e. The van der Waals surface area contributed by atoms with Crippen LogP contribution in [-0.4, -0.2) is 40.2 Å². The number of hydrogen-bond donors (Lipinski definition) is 2. The molecule has 6 heteroatoms. The molecule has 0 radical (unpaired) electrons. The summed E-state index contributed by atoms with van der Waals surface area (Å²) < 4.78 is 0. The second-order valence-electron chi connectivity index (χ2n) is 5.92. The van der Waals surface area contributed by atoms with Crippen molar-refractivity contribution in [2.75, 3.05) is 39.1 Å². The molecule has 0 aliphatic heterocycles. The van der Waals surface area contributed by atoms with E-state index in [0.717, 1.165) is 38.3 Å². The Morgan fingerprint density at radius 2 is 1.76 bits per heavy atom. The Morgan fingerprint density at radius 1 is 1.04 bits per heavy atom. The van der Waals surface area contributed by atoms with Gasteiger partial charge < -0.3 is 15.5 Å². The van der Waals surface area contributed by atoms with E-state index in [-0.39, 0.29) is 24.0 Å². The Bertz CT molecular complexity index is 609. The van der Waals surface area contributed by atoms with Gasteiger partial charge in [0.05, 0.1) is 0 Å². The third-order valence-corrected chi connectivity index (χ3v) is 4.79. The average molecular weight is 472 g/mol. The third kappa shape index (κ3) is 8.09. The van der Waals surface area contributed by atoms with Crippen molar-refractivity contribution in [1.82, 2.24) is 10.6 Å². The van der Waals surface area contributed by atoms with E-state index < -0.39 is 0 Å². The molecule has 0 atom stereocenters. The van der Waals surface area contributed by atoms with Gasteiger partial charge in [-0.25, -0.2) is 0 Å². The van der Waals surface area contributed by atoms with Gasteiger partial charge in [0.2, 0.25) is 0 Å². The second kappa shape index (κ2) is 12.1. The molecule has 0 bridgehead atoms. The summed E-state index contributed by atoms with van der Waals surface area (Å²) >= 11 is 1.80. The molecule has 0 amide bonds. The zero-order valence-electron chi connectivity index (χ0n) is 15.3. The monoisotopic (exact) mass is 472 g/mol. The number of aryl methyl sites for hydroxylation is 1. The van der Waals surface area contributed by atoms with Crippen molar-refractivity contribution in [2.45, 2.75) is 19.3 Å². The van der Waals surface area contributed by atoms with Crippen molar-refractivity contribution in [3.63, 3.8) is 0 Å². The molecule has 1 aromatic carbocycles. The average Bonchev–Trinajstić information content (AvgIpc) is 3.10. The Balaban J connectivity index is 0.00000312. The van der Waals surface area contributed by atoms with E-state index in [0.29, 0.717) is 0 Å². The Hall–Kier alpha value is -1.28. The SMILES string of the molecule is CN=C(NCCCc1ccc(N(C)C)cc1)NCCc1cccs1.I. The molecule has 2 rings (SSSR count). The van der Waals surface area contributed by atoms with Gasteiger partial charge in [-0.05, 0) is 48.4 Å². The van der Waals surface area contributed by atoms with Crippen molar-refractivity contribution < 1.29 is 0 Å².